The predicted molar refractivity (Wildman–Crippen MR) is 49.1 cm³/mol. The van der Waals surface area contributed by atoms with Crippen LogP contribution in [0.3, 0.4) is 0 Å². The van der Waals surface area contributed by atoms with Gasteiger partial charge in [-0.1, -0.05) is 6.07 Å². The van der Waals surface area contributed by atoms with Crippen molar-refractivity contribution in [2.75, 3.05) is 0 Å². The van der Waals surface area contributed by atoms with Gasteiger partial charge < -0.3 is 9.84 Å². The van der Waals surface area contributed by atoms with Gasteiger partial charge in [0.2, 0.25) is 11.9 Å². The Hall–Kier alpha value is -1.86. The molecule has 0 amide bonds. The summed E-state index contributed by atoms with van der Waals surface area (Å²) in [6, 6.07) is 2.42. The Balaban J connectivity index is 2.96. The summed E-state index contributed by atoms with van der Waals surface area (Å²) in [7, 11) is 0. The standard InChI is InChI=1S/C10H7F5O3/c11-5-2-1-3-6(9(5)12)18-7(4-8(16)17)10(13,14)15/h1-3,7H,4H2,(H,16,17). The molecule has 0 fully saturated rings. The van der Waals surface area contributed by atoms with Crippen molar-refractivity contribution >= 4 is 5.97 Å². The molecule has 8 heteroatoms. The fourth-order valence-electron chi connectivity index (χ4n) is 1.11. The minimum atomic E-state index is -5.00. The zero-order valence-corrected chi connectivity index (χ0v) is 8.67. The van der Waals surface area contributed by atoms with E-state index in [1.165, 1.54) is 0 Å². The highest BCUT2D eigenvalue weighted by Gasteiger charge is 2.43. The summed E-state index contributed by atoms with van der Waals surface area (Å²) >= 11 is 0. The summed E-state index contributed by atoms with van der Waals surface area (Å²) in [5.74, 6) is -5.74. The van der Waals surface area contributed by atoms with E-state index in [1.54, 1.807) is 0 Å². The van der Waals surface area contributed by atoms with Crippen LogP contribution >= 0.6 is 0 Å². The van der Waals surface area contributed by atoms with Crippen LogP contribution in [0.5, 0.6) is 5.75 Å². The maximum absolute atomic E-state index is 13.1. The minimum Gasteiger partial charge on any atom is -0.481 e. The maximum atomic E-state index is 13.1. The van der Waals surface area contributed by atoms with Gasteiger partial charge in [-0.3, -0.25) is 4.79 Å². The Kier molecular flexibility index (Phi) is 4.10. The molecule has 3 nitrogen and oxygen atoms in total. The third kappa shape index (κ3) is 3.57. The first-order valence-electron chi connectivity index (χ1n) is 4.61. The number of halogens is 5. The number of alkyl halides is 3. The van der Waals surface area contributed by atoms with Gasteiger partial charge >= 0.3 is 12.1 Å². The van der Waals surface area contributed by atoms with Crippen LogP contribution in [0.4, 0.5) is 22.0 Å². The third-order valence-corrected chi connectivity index (χ3v) is 1.91. The van der Waals surface area contributed by atoms with Gasteiger partial charge in [0.25, 0.3) is 0 Å². The van der Waals surface area contributed by atoms with Crippen LogP contribution in [-0.4, -0.2) is 23.4 Å². The number of benzene rings is 1. The second kappa shape index (κ2) is 5.19. The van der Waals surface area contributed by atoms with Crippen molar-refractivity contribution in [1.82, 2.24) is 0 Å². The molecule has 1 unspecified atom stereocenters. The fourth-order valence-corrected chi connectivity index (χ4v) is 1.11. The normalized spacial score (nSPS) is 13.2. The molecule has 100 valence electrons. The van der Waals surface area contributed by atoms with Crippen LogP contribution in [0.25, 0.3) is 0 Å². The Morgan fingerprint density at radius 3 is 2.44 bits per heavy atom. The molecule has 0 radical (unpaired) electrons. The largest absolute Gasteiger partial charge is 0.481 e. The van der Waals surface area contributed by atoms with E-state index < -0.39 is 42.1 Å². The number of aliphatic carboxylic acids is 1. The number of hydrogen-bond acceptors (Lipinski definition) is 2. The van der Waals surface area contributed by atoms with E-state index in [0.717, 1.165) is 12.1 Å². The summed E-state index contributed by atoms with van der Waals surface area (Å²) in [5.41, 5.74) is 0. The molecule has 0 aromatic heterocycles. The molecule has 0 bridgehead atoms. The molecule has 18 heavy (non-hydrogen) atoms. The molecule has 0 aliphatic rings. The van der Waals surface area contributed by atoms with E-state index in [1.807, 2.05) is 0 Å². The molecule has 0 saturated carbocycles. The lowest BCUT2D eigenvalue weighted by atomic mass is 10.2. The fraction of sp³-hybridized carbons (Fsp3) is 0.300. The average molecular weight is 270 g/mol. The Labute approximate surface area is 97.8 Å². The first-order chi connectivity index (χ1) is 8.21. The molecule has 0 heterocycles. The summed E-state index contributed by atoms with van der Waals surface area (Å²) in [4.78, 5) is 10.3. The van der Waals surface area contributed by atoms with Crippen molar-refractivity contribution in [3.63, 3.8) is 0 Å². The van der Waals surface area contributed by atoms with Crippen LogP contribution < -0.4 is 4.74 Å². The zero-order chi connectivity index (χ0) is 13.9. The quantitative estimate of drug-likeness (QED) is 0.856. The van der Waals surface area contributed by atoms with Gasteiger partial charge in [-0.15, -0.1) is 0 Å². The molecule has 0 saturated heterocycles. The Bertz CT molecular complexity index is 444. The van der Waals surface area contributed by atoms with E-state index in [4.69, 9.17) is 5.11 Å². The van der Waals surface area contributed by atoms with Crippen molar-refractivity contribution in [3.8, 4) is 5.75 Å². The van der Waals surface area contributed by atoms with Crippen molar-refractivity contribution < 1.29 is 36.6 Å². The summed E-state index contributed by atoms with van der Waals surface area (Å²) < 4.78 is 67.2. The second-order valence-corrected chi connectivity index (χ2v) is 3.30. The molecule has 0 aliphatic carbocycles. The van der Waals surface area contributed by atoms with Crippen LogP contribution in [0.2, 0.25) is 0 Å². The average Bonchev–Trinajstić information content (AvgIpc) is 2.21. The number of carbonyl (C=O) groups is 1. The molecule has 0 aliphatic heterocycles. The van der Waals surface area contributed by atoms with Crippen LogP contribution in [0, 0.1) is 11.6 Å². The number of ether oxygens (including phenoxy) is 1. The van der Waals surface area contributed by atoms with Gasteiger partial charge in [-0.05, 0) is 12.1 Å². The van der Waals surface area contributed by atoms with Crippen molar-refractivity contribution in [2.45, 2.75) is 18.7 Å². The first-order valence-corrected chi connectivity index (χ1v) is 4.61. The number of hydrogen-bond donors (Lipinski definition) is 1. The Morgan fingerprint density at radius 2 is 1.94 bits per heavy atom. The highest BCUT2D eigenvalue weighted by atomic mass is 19.4. The smallest absolute Gasteiger partial charge is 0.426 e. The summed E-state index contributed by atoms with van der Waals surface area (Å²) in [5, 5.41) is 8.30. The van der Waals surface area contributed by atoms with E-state index in [9.17, 15) is 26.7 Å². The van der Waals surface area contributed by atoms with E-state index in [2.05, 4.69) is 4.74 Å². The lowest BCUT2D eigenvalue weighted by Crippen LogP contribution is -2.36. The molecule has 1 rings (SSSR count). The lowest BCUT2D eigenvalue weighted by Gasteiger charge is -2.20. The lowest BCUT2D eigenvalue weighted by molar-refractivity contribution is -0.201. The number of rotatable bonds is 4. The molecular formula is C10H7F5O3. The molecule has 1 aromatic carbocycles. The van der Waals surface area contributed by atoms with E-state index >= 15 is 0 Å². The van der Waals surface area contributed by atoms with Gasteiger partial charge in [-0.25, -0.2) is 4.39 Å². The predicted octanol–water partition coefficient (Wildman–Crippen LogP) is 2.75. The van der Waals surface area contributed by atoms with Gasteiger partial charge in [0.15, 0.2) is 11.6 Å². The highest BCUT2D eigenvalue weighted by Crippen LogP contribution is 2.29. The molecule has 1 aromatic rings. The van der Waals surface area contributed by atoms with Gasteiger partial charge in [0.05, 0.1) is 6.42 Å². The van der Waals surface area contributed by atoms with Crippen LogP contribution in [0.1, 0.15) is 6.42 Å². The molecular weight excluding hydrogens is 263 g/mol. The van der Waals surface area contributed by atoms with Gasteiger partial charge in [0.1, 0.15) is 0 Å². The van der Waals surface area contributed by atoms with Gasteiger partial charge in [0, 0.05) is 0 Å². The van der Waals surface area contributed by atoms with Crippen LogP contribution in [0.15, 0.2) is 18.2 Å². The van der Waals surface area contributed by atoms with Crippen molar-refractivity contribution in [3.05, 3.63) is 29.8 Å². The SMILES string of the molecule is O=C(O)CC(Oc1cccc(F)c1F)C(F)(F)F. The summed E-state index contributed by atoms with van der Waals surface area (Å²) in [6.07, 6.45) is -9.15. The summed E-state index contributed by atoms with van der Waals surface area (Å²) in [6.45, 7) is 0. The van der Waals surface area contributed by atoms with Crippen LogP contribution in [-0.2, 0) is 4.79 Å². The first kappa shape index (κ1) is 14.2. The maximum Gasteiger partial charge on any atom is 0.426 e. The highest BCUT2D eigenvalue weighted by molar-refractivity contribution is 5.67. The zero-order valence-electron chi connectivity index (χ0n) is 8.67. The minimum absolute atomic E-state index is 0.696. The van der Waals surface area contributed by atoms with E-state index in [0.29, 0.717) is 6.07 Å². The molecule has 1 N–H and O–H groups in total. The van der Waals surface area contributed by atoms with Crippen molar-refractivity contribution in [2.24, 2.45) is 0 Å². The van der Waals surface area contributed by atoms with Crippen molar-refractivity contribution in [1.29, 1.82) is 0 Å². The Morgan fingerprint density at radius 1 is 1.33 bits per heavy atom. The third-order valence-electron chi connectivity index (χ3n) is 1.91. The topological polar surface area (TPSA) is 46.5 Å². The number of carboxylic acid groups (broad SMARTS) is 1. The number of carboxylic acids is 1. The second-order valence-electron chi connectivity index (χ2n) is 3.30. The molecule has 0 spiro atoms. The molecule has 1 atom stereocenters. The van der Waals surface area contributed by atoms with E-state index in [-0.39, 0.29) is 0 Å². The van der Waals surface area contributed by atoms with Gasteiger partial charge in [-0.2, -0.15) is 17.6 Å². The monoisotopic (exact) mass is 270 g/mol.